The maximum atomic E-state index is 11.0. The number of hydrogen-bond acceptors (Lipinski definition) is 2. The van der Waals surface area contributed by atoms with E-state index in [9.17, 15) is 10.1 Å². The molecule has 0 bridgehead atoms. The van der Waals surface area contributed by atoms with Gasteiger partial charge in [0, 0.05) is 16.8 Å². The van der Waals surface area contributed by atoms with Crippen molar-refractivity contribution in [1.29, 1.82) is 0 Å². The summed E-state index contributed by atoms with van der Waals surface area (Å²) < 4.78 is 0. The van der Waals surface area contributed by atoms with Gasteiger partial charge in [0.2, 0.25) is 6.04 Å². The zero-order valence-corrected chi connectivity index (χ0v) is 8.56. The van der Waals surface area contributed by atoms with Gasteiger partial charge >= 0.3 is 0 Å². The number of hydrogen-bond donors (Lipinski definition) is 0. The highest BCUT2D eigenvalue weighted by Gasteiger charge is 2.42. The fourth-order valence-corrected chi connectivity index (χ4v) is 3.02. The fourth-order valence-electron chi connectivity index (χ4n) is 3.02. The van der Waals surface area contributed by atoms with Crippen molar-refractivity contribution in [3.63, 3.8) is 0 Å². The first kappa shape index (κ1) is 9.69. The van der Waals surface area contributed by atoms with Gasteiger partial charge in [-0.3, -0.25) is 10.1 Å². The molecule has 0 N–H and O–H groups in total. The first-order chi connectivity index (χ1) is 6.70. The Morgan fingerprint density at radius 3 is 2.71 bits per heavy atom. The van der Waals surface area contributed by atoms with Crippen LogP contribution in [0, 0.1) is 27.9 Å². The minimum atomic E-state index is -0.328. The molecule has 0 aliphatic heterocycles. The van der Waals surface area contributed by atoms with Gasteiger partial charge in [0.15, 0.2) is 0 Å². The van der Waals surface area contributed by atoms with Crippen LogP contribution in [0.4, 0.5) is 0 Å². The van der Waals surface area contributed by atoms with Gasteiger partial charge in [-0.2, -0.15) is 0 Å². The second-order valence-corrected chi connectivity index (χ2v) is 4.63. The zero-order valence-electron chi connectivity index (χ0n) is 8.56. The van der Waals surface area contributed by atoms with Crippen molar-refractivity contribution in [2.45, 2.75) is 38.6 Å². The fraction of sp³-hybridized carbons (Fsp3) is 0.818. The van der Waals surface area contributed by atoms with Gasteiger partial charge in [-0.1, -0.05) is 31.9 Å². The van der Waals surface area contributed by atoms with Crippen LogP contribution in [0.2, 0.25) is 0 Å². The predicted octanol–water partition coefficient (Wildman–Crippen LogP) is 2.64. The van der Waals surface area contributed by atoms with Gasteiger partial charge < -0.3 is 0 Å². The summed E-state index contributed by atoms with van der Waals surface area (Å²) in [5.41, 5.74) is 0. The van der Waals surface area contributed by atoms with E-state index in [0.717, 1.165) is 12.8 Å². The molecule has 2 aliphatic rings. The lowest BCUT2D eigenvalue weighted by Gasteiger charge is -2.36. The largest absolute Gasteiger partial charge is 0.264 e. The smallest absolute Gasteiger partial charge is 0.222 e. The first-order valence-corrected chi connectivity index (χ1v) is 5.52. The number of fused-ring (bicyclic) bond motifs is 1. The second-order valence-electron chi connectivity index (χ2n) is 4.63. The highest BCUT2D eigenvalue weighted by atomic mass is 16.6. The summed E-state index contributed by atoms with van der Waals surface area (Å²) in [6, 6.07) is -0.328. The van der Waals surface area contributed by atoms with Gasteiger partial charge in [0.05, 0.1) is 0 Å². The molecule has 0 radical (unpaired) electrons. The number of allylic oxidation sites excluding steroid dienone is 1. The van der Waals surface area contributed by atoms with Crippen LogP contribution in [0.3, 0.4) is 0 Å². The average Bonchev–Trinajstić information content (AvgIpc) is 2.17. The molecule has 0 unspecified atom stereocenters. The molecule has 78 valence electrons. The molecule has 0 aromatic carbocycles. The third-order valence-corrected chi connectivity index (χ3v) is 3.76. The number of nitrogens with zero attached hydrogens (tertiary/aromatic N) is 1. The van der Waals surface area contributed by atoms with E-state index in [2.05, 4.69) is 6.08 Å². The van der Waals surface area contributed by atoms with E-state index in [0.29, 0.717) is 11.8 Å². The lowest BCUT2D eigenvalue weighted by molar-refractivity contribution is -0.542. The summed E-state index contributed by atoms with van der Waals surface area (Å²) in [4.78, 5) is 10.9. The average molecular weight is 195 g/mol. The Morgan fingerprint density at radius 1 is 1.29 bits per heavy atom. The second kappa shape index (κ2) is 3.71. The first-order valence-electron chi connectivity index (χ1n) is 5.52. The molecule has 0 saturated heterocycles. The SMILES string of the molecule is C[C@@H]1C=C[C@@H]2CCCC[C@@H]2[C@H]1[N+](=O)[O-]. The van der Waals surface area contributed by atoms with E-state index in [1.165, 1.54) is 12.8 Å². The summed E-state index contributed by atoms with van der Waals surface area (Å²) in [7, 11) is 0. The summed E-state index contributed by atoms with van der Waals surface area (Å²) in [6.45, 7) is 1.97. The molecule has 3 heteroatoms. The summed E-state index contributed by atoms with van der Waals surface area (Å²) in [6.07, 6.45) is 8.87. The molecule has 2 rings (SSSR count). The van der Waals surface area contributed by atoms with E-state index in [1.54, 1.807) is 0 Å². The molecule has 0 heterocycles. The maximum Gasteiger partial charge on any atom is 0.222 e. The van der Waals surface area contributed by atoms with Crippen LogP contribution in [0.1, 0.15) is 32.6 Å². The third kappa shape index (κ3) is 1.56. The molecule has 2 aliphatic carbocycles. The zero-order chi connectivity index (χ0) is 10.1. The maximum absolute atomic E-state index is 11.0. The van der Waals surface area contributed by atoms with Crippen molar-refractivity contribution in [2.75, 3.05) is 0 Å². The normalized spacial score (nSPS) is 41.8. The topological polar surface area (TPSA) is 43.1 Å². The lowest BCUT2D eigenvalue weighted by Crippen LogP contribution is -2.42. The molecule has 4 atom stereocenters. The molecular formula is C11H17NO2. The quantitative estimate of drug-likeness (QED) is 0.367. The summed E-state index contributed by atoms with van der Waals surface area (Å²) in [5, 5.41) is 11.0. The van der Waals surface area contributed by atoms with Gasteiger partial charge in [0.1, 0.15) is 0 Å². The van der Waals surface area contributed by atoms with Crippen molar-refractivity contribution >= 4 is 0 Å². The Bertz CT molecular complexity index is 262. The minimum Gasteiger partial charge on any atom is -0.264 e. The summed E-state index contributed by atoms with van der Waals surface area (Å²) in [5.74, 6) is 0.901. The Hall–Kier alpha value is -0.860. The Kier molecular flexibility index (Phi) is 2.57. The van der Waals surface area contributed by atoms with Crippen LogP contribution >= 0.6 is 0 Å². The monoisotopic (exact) mass is 195 g/mol. The molecule has 0 spiro atoms. The van der Waals surface area contributed by atoms with Crippen molar-refractivity contribution < 1.29 is 4.92 Å². The highest BCUT2D eigenvalue weighted by Crippen LogP contribution is 2.40. The molecule has 0 aromatic heterocycles. The molecular weight excluding hydrogens is 178 g/mol. The highest BCUT2D eigenvalue weighted by molar-refractivity contribution is 5.05. The molecule has 1 saturated carbocycles. The van der Waals surface area contributed by atoms with E-state index in [1.807, 2.05) is 13.0 Å². The molecule has 14 heavy (non-hydrogen) atoms. The lowest BCUT2D eigenvalue weighted by atomic mass is 9.69. The van der Waals surface area contributed by atoms with Crippen LogP contribution in [-0.4, -0.2) is 11.0 Å². The van der Waals surface area contributed by atoms with Gasteiger partial charge in [-0.25, -0.2) is 0 Å². The molecule has 0 aromatic rings. The van der Waals surface area contributed by atoms with E-state index in [4.69, 9.17) is 0 Å². The van der Waals surface area contributed by atoms with Gasteiger partial charge in [-0.15, -0.1) is 0 Å². The standard InChI is InChI=1S/C11H17NO2/c1-8-6-7-9-4-2-3-5-10(9)11(8)12(13)14/h6-11H,2-5H2,1H3/t8-,9+,10+,11+/m1/s1. The Morgan fingerprint density at radius 2 is 2.00 bits per heavy atom. The minimum absolute atomic E-state index is 0.0584. The molecule has 3 nitrogen and oxygen atoms in total. The van der Waals surface area contributed by atoms with E-state index in [-0.39, 0.29) is 16.9 Å². The van der Waals surface area contributed by atoms with Crippen molar-refractivity contribution in [1.82, 2.24) is 0 Å². The van der Waals surface area contributed by atoms with Crippen LogP contribution in [0.5, 0.6) is 0 Å². The molecule has 1 fully saturated rings. The molecule has 0 amide bonds. The number of rotatable bonds is 1. The van der Waals surface area contributed by atoms with Crippen molar-refractivity contribution in [3.05, 3.63) is 22.3 Å². The van der Waals surface area contributed by atoms with E-state index < -0.39 is 0 Å². The predicted molar refractivity (Wildman–Crippen MR) is 54.5 cm³/mol. The summed E-state index contributed by atoms with van der Waals surface area (Å²) >= 11 is 0. The number of nitro groups is 1. The van der Waals surface area contributed by atoms with Crippen molar-refractivity contribution in [3.8, 4) is 0 Å². The Labute approximate surface area is 84.3 Å². The van der Waals surface area contributed by atoms with E-state index >= 15 is 0 Å². The van der Waals surface area contributed by atoms with Crippen LogP contribution in [-0.2, 0) is 0 Å². The Balaban J connectivity index is 2.21. The van der Waals surface area contributed by atoms with Gasteiger partial charge in [0.25, 0.3) is 0 Å². The van der Waals surface area contributed by atoms with Crippen molar-refractivity contribution in [2.24, 2.45) is 17.8 Å². The van der Waals surface area contributed by atoms with Crippen LogP contribution in [0.15, 0.2) is 12.2 Å². The van der Waals surface area contributed by atoms with Crippen LogP contribution in [0.25, 0.3) is 0 Å². The van der Waals surface area contributed by atoms with Crippen LogP contribution < -0.4 is 0 Å². The van der Waals surface area contributed by atoms with Gasteiger partial charge in [-0.05, 0) is 18.8 Å². The third-order valence-electron chi connectivity index (χ3n) is 3.76.